The van der Waals surface area contributed by atoms with Crippen LogP contribution in [0.4, 0.5) is 8.78 Å². The molecular formula is C14H16F2O3. The van der Waals surface area contributed by atoms with Crippen molar-refractivity contribution in [3.05, 3.63) is 34.9 Å². The standard InChI is InChI=1S/C14H16F2O3/c1-19-7-9-4-5-11(15)13(14(9)16)10(6-12(17)18)8-2-3-8/h4-5,8,10H,2-3,6-7H2,1H3,(H,17,18). The van der Waals surface area contributed by atoms with Crippen LogP contribution < -0.4 is 0 Å². The molecule has 1 aliphatic carbocycles. The van der Waals surface area contributed by atoms with Crippen LogP contribution >= 0.6 is 0 Å². The summed E-state index contributed by atoms with van der Waals surface area (Å²) in [5.41, 5.74) is 0.161. The number of carbonyl (C=O) groups is 1. The van der Waals surface area contributed by atoms with E-state index in [1.54, 1.807) is 0 Å². The van der Waals surface area contributed by atoms with Crippen molar-refractivity contribution in [1.82, 2.24) is 0 Å². The van der Waals surface area contributed by atoms with Gasteiger partial charge in [0.2, 0.25) is 0 Å². The Labute approximate surface area is 110 Å². The van der Waals surface area contributed by atoms with E-state index in [4.69, 9.17) is 9.84 Å². The highest BCUT2D eigenvalue weighted by atomic mass is 19.1. The Kier molecular flexibility index (Phi) is 4.14. The number of benzene rings is 1. The van der Waals surface area contributed by atoms with Gasteiger partial charge in [0.25, 0.3) is 0 Å². The van der Waals surface area contributed by atoms with Crippen LogP contribution in [0, 0.1) is 17.6 Å². The molecule has 0 spiro atoms. The second-order valence-corrected chi connectivity index (χ2v) is 4.91. The molecule has 1 atom stereocenters. The molecule has 0 radical (unpaired) electrons. The zero-order valence-corrected chi connectivity index (χ0v) is 10.7. The molecular weight excluding hydrogens is 254 g/mol. The van der Waals surface area contributed by atoms with Crippen LogP contribution in [0.15, 0.2) is 12.1 Å². The van der Waals surface area contributed by atoms with E-state index in [1.807, 2.05) is 0 Å². The number of carboxylic acid groups (broad SMARTS) is 1. The molecule has 1 unspecified atom stereocenters. The number of carboxylic acids is 1. The summed E-state index contributed by atoms with van der Waals surface area (Å²) >= 11 is 0. The normalized spacial score (nSPS) is 16.4. The van der Waals surface area contributed by atoms with Gasteiger partial charge in [0.15, 0.2) is 0 Å². The average molecular weight is 270 g/mol. The van der Waals surface area contributed by atoms with Gasteiger partial charge in [-0.25, -0.2) is 8.78 Å². The van der Waals surface area contributed by atoms with Gasteiger partial charge in [0, 0.05) is 24.2 Å². The molecule has 0 aromatic heterocycles. The number of ether oxygens (including phenoxy) is 1. The van der Waals surface area contributed by atoms with E-state index in [0.717, 1.165) is 12.8 Å². The van der Waals surface area contributed by atoms with Gasteiger partial charge in [-0.05, 0) is 24.8 Å². The Morgan fingerprint density at radius 3 is 2.68 bits per heavy atom. The Hall–Kier alpha value is -1.49. The maximum Gasteiger partial charge on any atom is 0.303 e. The largest absolute Gasteiger partial charge is 0.481 e. The van der Waals surface area contributed by atoms with Crippen molar-refractivity contribution in [2.75, 3.05) is 7.11 Å². The highest BCUT2D eigenvalue weighted by Gasteiger charge is 2.37. The molecule has 3 nitrogen and oxygen atoms in total. The van der Waals surface area contributed by atoms with Crippen molar-refractivity contribution >= 4 is 5.97 Å². The smallest absolute Gasteiger partial charge is 0.303 e. The fourth-order valence-corrected chi connectivity index (χ4v) is 2.41. The summed E-state index contributed by atoms with van der Waals surface area (Å²) in [5.74, 6) is -2.89. The summed E-state index contributed by atoms with van der Waals surface area (Å²) in [6, 6.07) is 2.52. The molecule has 1 saturated carbocycles. The van der Waals surface area contributed by atoms with E-state index >= 15 is 0 Å². The topological polar surface area (TPSA) is 46.5 Å². The molecule has 0 aliphatic heterocycles. The molecule has 1 aromatic rings. The van der Waals surface area contributed by atoms with E-state index in [-0.39, 0.29) is 30.1 Å². The van der Waals surface area contributed by atoms with E-state index < -0.39 is 23.5 Å². The third-order valence-corrected chi connectivity index (χ3v) is 3.46. The second kappa shape index (κ2) is 5.65. The lowest BCUT2D eigenvalue weighted by Crippen LogP contribution is -2.13. The molecule has 5 heteroatoms. The first kappa shape index (κ1) is 13.9. The minimum Gasteiger partial charge on any atom is -0.481 e. The lowest BCUT2D eigenvalue weighted by atomic mass is 9.89. The van der Waals surface area contributed by atoms with Gasteiger partial charge in [0.1, 0.15) is 11.6 Å². The molecule has 0 saturated heterocycles. The zero-order chi connectivity index (χ0) is 14.0. The third-order valence-electron chi connectivity index (χ3n) is 3.46. The first-order valence-electron chi connectivity index (χ1n) is 6.22. The van der Waals surface area contributed by atoms with Crippen LogP contribution in [0.1, 0.15) is 36.3 Å². The molecule has 0 amide bonds. The summed E-state index contributed by atoms with van der Waals surface area (Å²) in [5, 5.41) is 8.91. The van der Waals surface area contributed by atoms with Gasteiger partial charge < -0.3 is 9.84 Å². The van der Waals surface area contributed by atoms with E-state index in [9.17, 15) is 13.6 Å². The molecule has 1 aromatic carbocycles. The number of aliphatic carboxylic acids is 1. The lowest BCUT2D eigenvalue weighted by Gasteiger charge is -2.18. The van der Waals surface area contributed by atoms with Gasteiger partial charge in [-0.3, -0.25) is 4.79 Å². The maximum atomic E-state index is 14.3. The fraction of sp³-hybridized carbons (Fsp3) is 0.500. The Balaban J connectivity index is 2.39. The molecule has 1 N–H and O–H groups in total. The van der Waals surface area contributed by atoms with Crippen LogP contribution in [-0.2, 0) is 16.1 Å². The van der Waals surface area contributed by atoms with Gasteiger partial charge >= 0.3 is 5.97 Å². The number of hydrogen-bond acceptors (Lipinski definition) is 2. The zero-order valence-electron chi connectivity index (χ0n) is 10.7. The lowest BCUT2D eigenvalue weighted by molar-refractivity contribution is -0.137. The highest BCUT2D eigenvalue weighted by molar-refractivity contribution is 5.68. The van der Waals surface area contributed by atoms with Crippen LogP contribution in [-0.4, -0.2) is 18.2 Å². The van der Waals surface area contributed by atoms with E-state index in [0.29, 0.717) is 0 Å². The van der Waals surface area contributed by atoms with Crippen molar-refractivity contribution in [3.8, 4) is 0 Å². The number of rotatable bonds is 6. The van der Waals surface area contributed by atoms with Crippen molar-refractivity contribution < 1.29 is 23.4 Å². The van der Waals surface area contributed by atoms with Crippen molar-refractivity contribution in [3.63, 3.8) is 0 Å². The Morgan fingerprint density at radius 1 is 1.47 bits per heavy atom. The first-order chi connectivity index (χ1) is 9.04. The average Bonchev–Trinajstić information content (AvgIpc) is 3.15. The van der Waals surface area contributed by atoms with Crippen LogP contribution in [0.5, 0.6) is 0 Å². The third kappa shape index (κ3) is 3.10. The summed E-state index contributed by atoms with van der Waals surface area (Å²) in [6.07, 6.45) is 1.41. The molecule has 1 fully saturated rings. The van der Waals surface area contributed by atoms with Crippen molar-refractivity contribution in [1.29, 1.82) is 0 Å². The number of methoxy groups -OCH3 is 1. The van der Waals surface area contributed by atoms with Crippen LogP contribution in [0.25, 0.3) is 0 Å². The molecule has 1 aliphatic rings. The second-order valence-electron chi connectivity index (χ2n) is 4.91. The van der Waals surface area contributed by atoms with Crippen molar-refractivity contribution in [2.24, 2.45) is 5.92 Å². The van der Waals surface area contributed by atoms with Gasteiger partial charge in [-0.1, -0.05) is 6.07 Å². The summed E-state index contributed by atoms with van der Waals surface area (Å²) in [6.45, 7) is 0.0452. The van der Waals surface area contributed by atoms with Crippen LogP contribution in [0.3, 0.4) is 0 Å². The first-order valence-corrected chi connectivity index (χ1v) is 6.22. The molecule has 2 rings (SSSR count). The molecule has 19 heavy (non-hydrogen) atoms. The van der Waals surface area contributed by atoms with E-state index in [1.165, 1.54) is 19.2 Å². The molecule has 104 valence electrons. The van der Waals surface area contributed by atoms with Gasteiger partial charge in [0.05, 0.1) is 13.0 Å². The van der Waals surface area contributed by atoms with Gasteiger partial charge in [-0.15, -0.1) is 0 Å². The fourth-order valence-electron chi connectivity index (χ4n) is 2.41. The van der Waals surface area contributed by atoms with Crippen molar-refractivity contribution in [2.45, 2.75) is 31.8 Å². The Morgan fingerprint density at radius 2 is 2.16 bits per heavy atom. The number of halogens is 2. The van der Waals surface area contributed by atoms with Crippen LogP contribution in [0.2, 0.25) is 0 Å². The predicted molar refractivity (Wildman–Crippen MR) is 64.8 cm³/mol. The van der Waals surface area contributed by atoms with Gasteiger partial charge in [-0.2, -0.15) is 0 Å². The van der Waals surface area contributed by atoms with E-state index in [2.05, 4.69) is 0 Å². The maximum absolute atomic E-state index is 14.3. The molecule has 0 heterocycles. The summed E-state index contributed by atoms with van der Waals surface area (Å²) < 4.78 is 33.0. The Bertz CT molecular complexity index is 484. The summed E-state index contributed by atoms with van der Waals surface area (Å²) in [4.78, 5) is 10.9. The monoisotopic (exact) mass is 270 g/mol. The highest BCUT2D eigenvalue weighted by Crippen LogP contribution is 2.46. The summed E-state index contributed by atoms with van der Waals surface area (Å²) in [7, 11) is 1.43. The number of hydrogen-bond donors (Lipinski definition) is 1. The predicted octanol–water partition coefficient (Wildman–Crippen LogP) is 3.08. The molecule has 0 bridgehead atoms. The minimum absolute atomic E-state index is 0.0452. The minimum atomic E-state index is -1.03. The quantitative estimate of drug-likeness (QED) is 0.864. The SMILES string of the molecule is COCc1ccc(F)c(C(CC(=O)O)C2CC2)c1F.